The lowest BCUT2D eigenvalue weighted by Crippen LogP contribution is -2.06. The Hall–Kier alpha value is -1.88. The fourth-order valence-electron chi connectivity index (χ4n) is 1.39. The minimum atomic E-state index is -0.408. The van der Waals surface area contributed by atoms with Gasteiger partial charge in [-0.2, -0.15) is 4.98 Å². The number of hydrogen-bond acceptors (Lipinski definition) is 5. The molecule has 1 heterocycles. The summed E-state index contributed by atoms with van der Waals surface area (Å²) in [6.45, 7) is 3.92. The van der Waals surface area contributed by atoms with E-state index >= 15 is 0 Å². The molecule has 0 aliphatic carbocycles. The van der Waals surface area contributed by atoms with Crippen LogP contribution in [0, 0.1) is 6.92 Å². The average molecular weight is 263 g/mol. The van der Waals surface area contributed by atoms with Crippen LogP contribution < -0.4 is 4.74 Å². The molecule has 2 rings (SSSR count). The van der Waals surface area contributed by atoms with E-state index < -0.39 is 5.97 Å². The van der Waals surface area contributed by atoms with Crippen molar-refractivity contribution in [3.05, 3.63) is 40.9 Å². The molecule has 0 unspecified atom stereocenters. The Bertz CT molecular complexity index is 536. The zero-order chi connectivity index (χ0) is 13.0. The van der Waals surface area contributed by atoms with Gasteiger partial charge in [0.25, 0.3) is 5.19 Å². The van der Waals surface area contributed by atoms with Gasteiger partial charge in [-0.15, -0.1) is 0 Å². The fraction of sp³-hybridized carbons (Fsp3) is 0.231. The largest absolute Gasteiger partial charge is 0.461 e. The number of carbonyl (C=O) groups is 1. The number of aryl methyl sites for hydroxylation is 1. The third-order valence-corrected chi connectivity index (χ3v) is 3.04. The summed E-state index contributed by atoms with van der Waals surface area (Å²) in [5.74, 6) is 0.288. The molecule has 0 saturated heterocycles. The predicted molar refractivity (Wildman–Crippen MR) is 69.3 cm³/mol. The van der Waals surface area contributed by atoms with Crippen molar-refractivity contribution in [3.63, 3.8) is 0 Å². The Balaban J connectivity index is 2.16. The maximum Gasteiger partial charge on any atom is 0.358 e. The SMILES string of the molecule is CCOC(=O)c1nc(Oc2ccccc2)sc1C. The first-order chi connectivity index (χ1) is 8.70. The van der Waals surface area contributed by atoms with E-state index in [4.69, 9.17) is 9.47 Å². The molecule has 0 aliphatic heterocycles. The molecular formula is C13H13NO3S. The van der Waals surface area contributed by atoms with Gasteiger partial charge >= 0.3 is 5.97 Å². The first-order valence-electron chi connectivity index (χ1n) is 5.58. The number of hydrogen-bond donors (Lipinski definition) is 0. The molecule has 0 bridgehead atoms. The third kappa shape index (κ3) is 2.87. The van der Waals surface area contributed by atoms with Crippen LogP contribution in [0.4, 0.5) is 0 Å². The second-order valence-electron chi connectivity index (χ2n) is 3.52. The molecule has 0 radical (unpaired) electrons. The van der Waals surface area contributed by atoms with Crippen molar-refractivity contribution >= 4 is 17.3 Å². The minimum Gasteiger partial charge on any atom is -0.461 e. The summed E-state index contributed by atoms with van der Waals surface area (Å²) in [5, 5.41) is 0.446. The molecule has 1 aromatic heterocycles. The summed E-state index contributed by atoms with van der Waals surface area (Å²) in [5.41, 5.74) is 0.327. The zero-order valence-corrected chi connectivity index (χ0v) is 11.0. The summed E-state index contributed by atoms with van der Waals surface area (Å²) < 4.78 is 10.5. The lowest BCUT2D eigenvalue weighted by molar-refractivity contribution is 0.0519. The van der Waals surface area contributed by atoms with Crippen LogP contribution in [0.25, 0.3) is 0 Å². The first kappa shape index (κ1) is 12.6. The molecular weight excluding hydrogens is 250 g/mol. The number of thiazole rings is 1. The van der Waals surface area contributed by atoms with E-state index in [1.54, 1.807) is 6.92 Å². The minimum absolute atomic E-state index is 0.327. The summed E-state index contributed by atoms with van der Waals surface area (Å²) >= 11 is 1.33. The van der Waals surface area contributed by atoms with Gasteiger partial charge in [0, 0.05) is 4.88 Å². The van der Waals surface area contributed by atoms with E-state index in [-0.39, 0.29) is 0 Å². The molecule has 0 spiro atoms. The Morgan fingerprint density at radius 3 is 2.72 bits per heavy atom. The van der Waals surface area contributed by atoms with Crippen molar-refractivity contribution in [2.45, 2.75) is 13.8 Å². The number of carbonyl (C=O) groups excluding carboxylic acids is 1. The summed E-state index contributed by atoms with van der Waals surface area (Å²) in [6.07, 6.45) is 0. The van der Waals surface area contributed by atoms with Crippen LogP contribution in [0.3, 0.4) is 0 Å². The lowest BCUT2D eigenvalue weighted by Gasteiger charge is -2.00. The summed E-state index contributed by atoms with van der Waals surface area (Å²) in [6, 6.07) is 9.33. The smallest absolute Gasteiger partial charge is 0.358 e. The van der Waals surface area contributed by atoms with Gasteiger partial charge in [-0.25, -0.2) is 4.79 Å². The third-order valence-electron chi connectivity index (χ3n) is 2.19. The Morgan fingerprint density at radius 1 is 1.33 bits per heavy atom. The highest BCUT2D eigenvalue weighted by atomic mass is 32.1. The molecule has 2 aromatic rings. The highest BCUT2D eigenvalue weighted by Gasteiger charge is 2.17. The van der Waals surface area contributed by atoms with Crippen molar-refractivity contribution < 1.29 is 14.3 Å². The molecule has 5 heteroatoms. The number of benzene rings is 1. The molecule has 18 heavy (non-hydrogen) atoms. The Morgan fingerprint density at radius 2 is 2.06 bits per heavy atom. The molecule has 0 aliphatic rings. The zero-order valence-electron chi connectivity index (χ0n) is 10.2. The van der Waals surface area contributed by atoms with Gasteiger partial charge in [-0.1, -0.05) is 29.5 Å². The van der Waals surface area contributed by atoms with Gasteiger partial charge in [-0.3, -0.25) is 0 Å². The van der Waals surface area contributed by atoms with E-state index in [1.165, 1.54) is 11.3 Å². The number of nitrogens with zero attached hydrogens (tertiary/aromatic N) is 1. The maximum atomic E-state index is 11.6. The summed E-state index contributed by atoms with van der Waals surface area (Å²) in [4.78, 5) is 16.5. The maximum absolute atomic E-state index is 11.6. The van der Waals surface area contributed by atoms with Crippen molar-refractivity contribution in [1.82, 2.24) is 4.98 Å². The highest BCUT2D eigenvalue weighted by molar-refractivity contribution is 7.13. The molecule has 0 amide bonds. The van der Waals surface area contributed by atoms with Crippen LogP contribution in [-0.2, 0) is 4.74 Å². The quantitative estimate of drug-likeness (QED) is 0.793. The van der Waals surface area contributed by atoms with Gasteiger partial charge < -0.3 is 9.47 Å². The van der Waals surface area contributed by atoms with Crippen LogP contribution in [0.15, 0.2) is 30.3 Å². The second-order valence-corrected chi connectivity index (χ2v) is 4.69. The van der Waals surface area contributed by atoms with Crippen LogP contribution in [-0.4, -0.2) is 17.6 Å². The van der Waals surface area contributed by atoms with Gasteiger partial charge in [0.2, 0.25) is 0 Å². The normalized spacial score (nSPS) is 10.1. The highest BCUT2D eigenvalue weighted by Crippen LogP contribution is 2.28. The number of para-hydroxylation sites is 1. The molecule has 4 nitrogen and oxygen atoms in total. The number of ether oxygens (including phenoxy) is 2. The van der Waals surface area contributed by atoms with Crippen molar-refractivity contribution in [3.8, 4) is 10.9 Å². The summed E-state index contributed by atoms with van der Waals surface area (Å²) in [7, 11) is 0. The molecule has 0 saturated carbocycles. The van der Waals surface area contributed by atoms with Gasteiger partial charge in [0.1, 0.15) is 5.75 Å². The fourth-order valence-corrected chi connectivity index (χ4v) is 2.16. The van der Waals surface area contributed by atoms with Crippen molar-refractivity contribution in [2.24, 2.45) is 0 Å². The van der Waals surface area contributed by atoms with E-state index in [2.05, 4.69) is 4.98 Å². The van der Waals surface area contributed by atoms with Gasteiger partial charge in [0.05, 0.1) is 6.61 Å². The van der Waals surface area contributed by atoms with E-state index in [0.717, 1.165) is 4.88 Å². The molecule has 94 valence electrons. The van der Waals surface area contributed by atoms with E-state index in [0.29, 0.717) is 23.2 Å². The standard InChI is InChI=1S/C13H13NO3S/c1-3-16-12(15)11-9(2)18-13(14-11)17-10-7-5-4-6-8-10/h4-8H,3H2,1-2H3. The predicted octanol–water partition coefficient (Wildman–Crippen LogP) is 3.42. The molecule has 1 aromatic carbocycles. The van der Waals surface area contributed by atoms with E-state index in [9.17, 15) is 4.79 Å². The van der Waals surface area contributed by atoms with Crippen LogP contribution in [0.1, 0.15) is 22.3 Å². The van der Waals surface area contributed by atoms with E-state index in [1.807, 2.05) is 37.3 Å². The van der Waals surface area contributed by atoms with Crippen LogP contribution in [0.5, 0.6) is 10.9 Å². The van der Waals surface area contributed by atoms with Gasteiger partial charge in [-0.05, 0) is 26.0 Å². The molecule has 0 N–H and O–H groups in total. The first-order valence-corrected chi connectivity index (χ1v) is 6.39. The molecule has 0 atom stereocenters. The topological polar surface area (TPSA) is 48.4 Å². The van der Waals surface area contributed by atoms with Gasteiger partial charge in [0.15, 0.2) is 5.69 Å². The van der Waals surface area contributed by atoms with Crippen LogP contribution in [0.2, 0.25) is 0 Å². The number of aromatic nitrogens is 1. The lowest BCUT2D eigenvalue weighted by atomic mass is 10.3. The number of esters is 1. The van der Waals surface area contributed by atoms with Crippen molar-refractivity contribution in [2.75, 3.05) is 6.61 Å². The Labute approximate surface area is 109 Å². The number of rotatable bonds is 4. The molecule has 0 fully saturated rings. The Kier molecular flexibility index (Phi) is 3.94. The monoisotopic (exact) mass is 263 g/mol. The average Bonchev–Trinajstić information content (AvgIpc) is 2.72. The second kappa shape index (κ2) is 5.64. The van der Waals surface area contributed by atoms with Crippen molar-refractivity contribution in [1.29, 1.82) is 0 Å². The van der Waals surface area contributed by atoms with Crippen LogP contribution >= 0.6 is 11.3 Å².